The third-order valence-corrected chi connectivity index (χ3v) is 7.38. The number of thioether (sulfide) groups is 2. The second-order valence-electron chi connectivity index (χ2n) is 7.78. The predicted octanol–water partition coefficient (Wildman–Crippen LogP) is 6.77. The highest BCUT2D eigenvalue weighted by atomic mass is 32.2. The van der Waals surface area contributed by atoms with Gasteiger partial charge in [0.25, 0.3) is 0 Å². The minimum Gasteiger partial charge on any atom is -0.367 e. The van der Waals surface area contributed by atoms with Gasteiger partial charge >= 0.3 is 12.4 Å². The van der Waals surface area contributed by atoms with Gasteiger partial charge in [-0.3, -0.25) is 4.90 Å². The van der Waals surface area contributed by atoms with Crippen molar-refractivity contribution < 1.29 is 30.7 Å². The minimum absolute atomic E-state index is 0.302. The molecule has 2 aromatic carbocycles. The van der Waals surface area contributed by atoms with Crippen molar-refractivity contribution >= 4 is 29.2 Å². The first-order valence-electron chi connectivity index (χ1n) is 10.1. The molecule has 182 valence electrons. The molecule has 0 atom stereocenters. The van der Waals surface area contributed by atoms with E-state index in [-0.39, 0.29) is 0 Å². The Morgan fingerprint density at radius 1 is 0.818 bits per heavy atom. The maximum absolute atomic E-state index is 14.5. The van der Waals surface area contributed by atoms with Crippen LogP contribution >= 0.6 is 23.5 Å². The standard InChI is InChI=1S/C22H23F7N2S2/c1-15-10-18(23)19(11-20(15)33-14-22(27,28)29)31-8-6-30(7-9-31)12-16-2-4-17(5-3-16)32-13-21(24,25)26/h2-5,10-11H,6-9,12-14H2,1H3. The second kappa shape index (κ2) is 10.8. The fraction of sp³-hybridized carbons (Fsp3) is 0.455. The molecule has 11 heteroatoms. The predicted molar refractivity (Wildman–Crippen MR) is 119 cm³/mol. The second-order valence-corrected chi connectivity index (χ2v) is 9.85. The molecular weight excluding hydrogens is 489 g/mol. The number of piperazine rings is 1. The van der Waals surface area contributed by atoms with Crippen LogP contribution in [0.5, 0.6) is 0 Å². The van der Waals surface area contributed by atoms with Gasteiger partial charge in [-0.25, -0.2) is 4.39 Å². The van der Waals surface area contributed by atoms with Gasteiger partial charge in [0.15, 0.2) is 0 Å². The third-order valence-electron chi connectivity index (χ3n) is 5.08. The van der Waals surface area contributed by atoms with Gasteiger partial charge < -0.3 is 4.90 Å². The summed E-state index contributed by atoms with van der Waals surface area (Å²) >= 11 is 1.40. The zero-order valence-corrected chi connectivity index (χ0v) is 19.4. The van der Waals surface area contributed by atoms with E-state index in [9.17, 15) is 30.7 Å². The van der Waals surface area contributed by atoms with Gasteiger partial charge in [-0.15, -0.1) is 23.5 Å². The van der Waals surface area contributed by atoms with Crippen molar-refractivity contribution in [3.8, 4) is 0 Å². The topological polar surface area (TPSA) is 6.48 Å². The van der Waals surface area contributed by atoms with E-state index in [1.54, 1.807) is 31.2 Å². The Labute approximate surface area is 196 Å². The van der Waals surface area contributed by atoms with Crippen LogP contribution in [0.25, 0.3) is 0 Å². The van der Waals surface area contributed by atoms with Gasteiger partial charge in [-0.05, 0) is 42.3 Å². The summed E-state index contributed by atoms with van der Waals surface area (Å²) in [7, 11) is 0. The molecule has 0 spiro atoms. The Kier molecular flexibility index (Phi) is 8.50. The van der Waals surface area contributed by atoms with Crippen molar-refractivity contribution in [3.05, 3.63) is 53.3 Å². The van der Waals surface area contributed by atoms with Crippen LogP contribution in [0.1, 0.15) is 11.1 Å². The van der Waals surface area contributed by atoms with Crippen LogP contribution in [-0.4, -0.2) is 54.9 Å². The molecule has 0 aromatic heterocycles. The number of aryl methyl sites for hydroxylation is 1. The van der Waals surface area contributed by atoms with E-state index in [0.717, 1.165) is 17.3 Å². The quantitative estimate of drug-likeness (QED) is 0.298. The number of benzene rings is 2. The minimum atomic E-state index is -4.30. The maximum atomic E-state index is 14.5. The van der Waals surface area contributed by atoms with Crippen LogP contribution in [0.3, 0.4) is 0 Å². The van der Waals surface area contributed by atoms with E-state index < -0.39 is 29.7 Å². The summed E-state index contributed by atoms with van der Waals surface area (Å²) in [5.74, 6) is -2.41. The lowest BCUT2D eigenvalue weighted by Crippen LogP contribution is -2.46. The monoisotopic (exact) mass is 512 g/mol. The lowest BCUT2D eigenvalue weighted by molar-refractivity contribution is -0.106. The lowest BCUT2D eigenvalue weighted by atomic mass is 10.1. The molecule has 1 aliphatic rings. The molecule has 1 aliphatic heterocycles. The molecule has 0 saturated carbocycles. The molecule has 0 bridgehead atoms. The third kappa shape index (κ3) is 8.29. The Hall–Kier alpha value is -1.59. The molecule has 3 rings (SSSR count). The van der Waals surface area contributed by atoms with Crippen molar-refractivity contribution in [1.82, 2.24) is 4.90 Å². The van der Waals surface area contributed by atoms with Crippen molar-refractivity contribution in [2.75, 3.05) is 42.6 Å². The van der Waals surface area contributed by atoms with Gasteiger partial charge in [0.1, 0.15) is 5.82 Å². The van der Waals surface area contributed by atoms with E-state index in [1.165, 1.54) is 12.1 Å². The van der Waals surface area contributed by atoms with Crippen LogP contribution in [0.15, 0.2) is 46.2 Å². The van der Waals surface area contributed by atoms with Gasteiger partial charge in [-0.1, -0.05) is 12.1 Å². The van der Waals surface area contributed by atoms with E-state index in [4.69, 9.17) is 0 Å². The largest absolute Gasteiger partial charge is 0.398 e. The number of hydrogen-bond donors (Lipinski definition) is 0. The number of anilines is 1. The Balaban J connectivity index is 1.55. The molecule has 0 amide bonds. The molecule has 0 radical (unpaired) electrons. The van der Waals surface area contributed by atoms with Crippen LogP contribution < -0.4 is 4.90 Å². The summed E-state index contributed by atoms with van der Waals surface area (Å²) in [6.45, 7) is 4.50. The first-order chi connectivity index (χ1) is 15.4. The SMILES string of the molecule is Cc1cc(F)c(N2CCN(Cc3ccc(SCC(F)(F)F)cc3)CC2)cc1SCC(F)(F)F. The van der Waals surface area contributed by atoms with Crippen LogP contribution in [0.2, 0.25) is 0 Å². The van der Waals surface area contributed by atoms with Crippen molar-refractivity contribution in [2.45, 2.75) is 35.6 Å². The number of halogens is 7. The number of alkyl halides is 6. The molecule has 0 aliphatic carbocycles. The molecule has 1 fully saturated rings. The summed E-state index contributed by atoms with van der Waals surface area (Å²) < 4.78 is 89.3. The number of rotatable bonds is 7. The zero-order valence-electron chi connectivity index (χ0n) is 17.8. The Bertz CT molecular complexity index is 922. The first-order valence-corrected chi connectivity index (χ1v) is 12.1. The average molecular weight is 513 g/mol. The fourth-order valence-electron chi connectivity index (χ4n) is 3.46. The molecular formula is C22H23F7N2S2. The average Bonchev–Trinajstić information content (AvgIpc) is 2.72. The van der Waals surface area contributed by atoms with Crippen LogP contribution in [0.4, 0.5) is 36.4 Å². The van der Waals surface area contributed by atoms with Crippen LogP contribution in [-0.2, 0) is 6.54 Å². The normalized spacial score (nSPS) is 15.8. The highest BCUT2D eigenvalue weighted by molar-refractivity contribution is 7.99. The molecule has 0 N–H and O–H groups in total. The van der Waals surface area contributed by atoms with Crippen molar-refractivity contribution in [1.29, 1.82) is 0 Å². The molecule has 2 aromatic rings. The summed E-state index contributed by atoms with van der Waals surface area (Å²) in [5, 5.41) is 0. The molecule has 33 heavy (non-hydrogen) atoms. The van der Waals surface area contributed by atoms with Gasteiger partial charge in [0.2, 0.25) is 0 Å². The lowest BCUT2D eigenvalue weighted by Gasteiger charge is -2.36. The van der Waals surface area contributed by atoms with Crippen molar-refractivity contribution in [2.24, 2.45) is 0 Å². The van der Waals surface area contributed by atoms with E-state index in [2.05, 4.69) is 4.90 Å². The summed E-state index contributed by atoms with van der Waals surface area (Å²) in [4.78, 5) is 4.95. The Morgan fingerprint density at radius 2 is 1.39 bits per heavy atom. The van der Waals surface area contributed by atoms with Gasteiger partial charge in [0, 0.05) is 42.5 Å². The van der Waals surface area contributed by atoms with E-state index in [1.807, 2.05) is 4.90 Å². The molecule has 1 heterocycles. The first kappa shape index (κ1) is 26.0. The smallest absolute Gasteiger partial charge is 0.367 e. The molecule has 0 unspecified atom stereocenters. The summed E-state index contributed by atoms with van der Waals surface area (Å²) in [6.07, 6.45) is -8.51. The molecule has 2 nitrogen and oxygen atoms in total. The van der Waals surface area contributed by atoms with Gasteiger partial charge in [0.05, 0.1) is 17.2 Å². The maximum Gasteiger partial charge on any atom is 0.398 e. The van der Waals surface area contributed by atoms with E-state index in [0.29, 0.717) is 65.5 Å². The summed E-state index contributed by atoms with van der Waals surface area (Å²) in [6, 6.07) is 9.71. The summed E-state index contributed by atoms with van der Waals surface area (Å²) in [5.41, 5.74) is 1.74. The van der Waals surface area contributed by atoms with Crippen LogP contribution in [0, 0.1) is 12.7 Å². The highest BCUT2D eigenvalue weighted by Crippen LogP contribution is 2.34. The van der Waals surface area contributed by atoms with Gasteiger partial charge in [-0.2, -0.15) is 26.3 Å². The molecule has 1 saturated heterocycles. The zero-order chi connectivity index (χ0) is 24.2. The highest BCUT2D eigenvalue weighted by Gasteiger charge is 2.29. The number of nitrogens with zero attached hydrogens (tertiary/aromatic N) is 2. The Morgan fingerprint density at radius 3 is 1.97 bits per heavy atom. The fourth-order valence-corrected chi connectivity index (χ4v) is 4.92. The van der Waals surface area contributed by atoms with Crippen molar-refractivity contribution in [3.63, 3.8) is 0 Å². The number of hydrogen-bond acceptors (Lipinski definition) is 4. The van der Waals surface area contributed by atoms with E-state index >= 15 is 0 Å².